The van der Waals surface area contributed by atoms with E-state index in [9.17, 15) is 9.59 Å². The van der Waals surface area contributed by atoms with Gasteiger partial charge in [0.1, 0.15) is 5.56 Å². The predicted octanol–water partition coefficient (Wildman–Crippen LogP) is 5.43. The molecule has 0 fully saturated rings. The number of aryl methyl sites for hydroxylation is 1. The van der Waals surface area contributed by atoms with Crippen LogP contribution in [0.2, 0.25) is 0 Å². The first-order valence-electron chi connectivity index (χ1n) is 9.35. The molecular formula is C24H18BrN3O2. The maximum absolute atomic E-state index is 13.3. The fourth-order valence-electron chi connectivity index (χ4n) is 3.26. The van der Waals surface area contributed by atoms with Crippen molar-refractivity contribution in [1.29, 1.82) is 0 Å². The molecule has 0 radical (unpaired) electrons. The number of H-pyrrole nitrogens is 1. The van der Waals surface area contributed by atoms with E-state index in [1.807, 2.05) is 79.7 Å². The van der Waals surface area contributed by atoms with Gasteiger partial charge in [-0.1, -0.05) is 66.7 Å². The van der Waals surface area contributed by atoms with Gasteiger partial charge in [-0.3, -0.25) is 9.59 Å². The molecule has 1 heterocycles. The largest absolute Gasteiger partial charge is 0.321 e. The van der Waals surface area contributed by atoms with Crippen molar-refractivity contribution < 1.29 is 4.79 Å². The van der Waals surface area contributed by atoms with Crippen LogP contribution in [0.25, 0.3) is 22.4 Å². The molecule has 0 atom stereocenters. The third-order valence-electron chi connectivity index (χ3n) is 4.69. The summed E-state index contributed by atoms with van der Waals surface area (Å²) in [6.07, 6.45) is 0. The lowest BCUT2D eigenvalue weighted by molar-refractivity contribution is 0.102. The molecular weight excluding hydrogens is 442 g/mol. The molecule has 1 amide bonds. The number of nitrogens with zero attached hydrogens (tertiary/aromatic N) is 1. The van der Waals surface area contributed by atoms with Crippen LogP contribution in [-0.4, -0.2) is 16.1 Å². The van der Waals surface area contributed by atoms with Crippen LogP contribution in [0.3, 0.4) is 0 Å². The molecule has 5 nitrogen and oxygen atoms in total. The van der Waals surface area contributed by atoms with E-state index in [4.69, 9.17) is 0 Å². The van der Waals surface area contributed by atoms with E-state index >= 15 is 0 Å². The fraction of sp³-hybridized carbons (Fsp3) is 0.0417. The fourth-order valence-corrected chi connectivity index (χ4v) is 3.86. The summed E-state index contributed by atoms with van der Waals surface area (Å²) >= 11 is 3.47. The van der Waals surface area contributed by atoms with E-state index in [2.05, 4.69) is 31.4 Å². The van der Waals surface area contributed by atoms with E-state index in [-0.39, 0.29) is 5.56 Å². The van der Waals surface area contributed by atoms with Gasteiger partial charge < -0.3 is 5.32 Å². The third-order valence-corrected chi connectivity index (χ3v) is 5.35. The Kier molecular flexibility index (Phi) is 5.59. The number of rotatable bonds is 4. The van der Waals surface area contributed by atoms with Crippen LogP contribution >= 0.6 is 15.9 Å². The molecule has 0 spiro atoms. The maximum Gasteiger partial charge on any atom is 0.277 e. The average molecular weight is 460 g/mol. The minimum atomic E-state index is -0.547. The smallest absolute Gasteiger partial charge is 0.277 e. The average Bonchev–Trinajstić information content (AvgIpc) is 2.76. The highest BCUT2D eigenvalue weighted by Gasteiger charge is 2.23. The van der Waals surface area contributed by atoms with Gasteiger partial charge in [0.2, 0.25) is 0 Å². The Hall–Kier alpha value is -3.51. The maximum atomic E-state index is 13.3. The lowest BCUT2D eigenvalue weighted by atomic mass is 9.95. The molecule has 0 unspecified atom stereocenters. The highest BCUT2D eigenvalue weighted by molar-refractivity contribution is 9.10. The highest BCUT2D eigenvalue weighted by atomic mass is 79.9. The summed E-state index contributed by atoms with van der Waals surface area (Å²) < 4.78 is 0.742. The molecule has 4 aromatic rings. The van der Waals surface area contributed by atoms with Crippen molar-refractivity contribution in [2.24, 2.45) is 0 Å². The molecule has 30 heavy (non-hydrogen) atoms. The van der Waals surface area contributed by atoms with Gasteiger partial charge in [0, 0.05) is 15.6 Å². The molecule has 3 aromatic carbocycles. The Morgan fingerprint density at radius 3 is 2.20 bits per heavy atom. The van der Waals surface area contributed by atoms with E-state index in [0.29, 0.717) is 16.9 Å². The van der Waals surface area contributed by atoms with Gasteiger partial charge >= 0.3 is 0 Å². The first-order valence-corrected chi connectivity index (χ1v) is 10.1. The Morgan fingerprint density at radius 1 is 0.933 bits per heavy atom. The standard InChI is InChI=1S/C24H18BrN3O2/c1-15-12-13-19(18(25)14-15)26-23(29)21-20(16-8-4-2-5-9-16)22(27-28-24(21)30)17-10-6-3-7-11-17/h2-14H,1H3,(H,26,29)(H,28,30). The lowest BCUT2D eigenvalue weighted by Gasteiger charge is -2.14. The van der Waals surface area contributed by atoms with Crippen LogP contribution < -0.4 is 10.9 Å². The Bertz CT molecular complexity index is 1270. The van der Waals surface area contributed by atoms with Gasteiger partial charge in [-0.05, 0) is 46.1 Å². The van der Waals surface area contributed by atoms with Crippen molar-refractivity contribution in [3.63, 3.8) is 0 Å². The Morgan fingerprint density at radius 2 is 1.57 bits per heavy atom. The van der Waals surface area contributed by atoms with Crippen LogP contribution in [-0.2, 0) is 0 Å². The normalized spacial score (nSPS) is 10.6. The molecule has 0 aliphatic heterocycles. The molecule has 4 rings (SSSR count). The number of anilines is 1. The van der Waals surface area contributed by atoms with Crippen LogP contribution in [0, 0.1) is 6.92 Å². The van der Waals surface area contributed by atoms with E-state index < -0.39 is 11.5 Å². The molecule has 2 N–H and O–H groups in total. The van der Waals surface area contributed by atoms with Gasteiger partial charge in [-0.2, -0.15) is 5.10 Å². The zero-order valence-electron chi connectivity index (χ0n) is 16.1. The number of halogens is 1. The summed E-state index contributed by atoms with van der Waals surface area (Å²) in [5.41, 5.74) is 3.68. The zero-order valence-corrected chi connectivity index (χ0v) is 17.7. The minimum Gasteiger partial charge on any atom is -0.321 e. The summed E-state index contributed by atoms with van der Waals surface area (Å²) in [6, 6.07) is 24.4. The van der Waals surface area contributed by atoms with Gasteiger partial charge in [-0.15, -0.1) is 0 Å². The summed E-state index contributed by atoms with van der Waals surface area (Å²) in [4.78, 5) is 26.0. The van der Waals surface area contributed by atoms with Crippen molar-refractivity contribution in [3.05, 3.63) is 105 Å². The number of hydrogen-bond acceptors (Lipinski definition) is 3. The zero-order chi connectivity index (χ0) is 21.1. The number of carbonyl (C=O) groups is 1. The first-order chi connectivity index (χ1) is 14.5. The number of hydrogen-bond donors (Lipinski definition) is 2. The number of nitrogens with one attached hydrogen (secondary N) is 2. The number of aromatic nitrogens is 2. The number of amides is 1. The SMILES string of the molecule is Cc1ccc(NC(=O)c2c(-c3ccccc3)c(-c3ccccc3)n[nH]c2=O)c(Br)c1. The molecule has 1 aromatic heterocycles. The van der Waals surface area contributed by atoms with E-state index in [1.165, 1.54) is 0 Å². The van der Waals surface area contributed by atoms with E-state index in [0.717, 1.165) is 21.2 Å². The molecule has 0 saturated carbocycles. The summed E-state index contributed by atoms with van der Waals surface area (Å²) in [6.45, 7) is 1.96. The third kappa shape index (κ3) is 3.95. The van der Waals surface area contributed by atoms with Gasteiger partial charge in [0.15, 0.2) is 0 Å². The monoisotopic (exact) mass is 459 g/mol. The Labute approximate surface area is 181 Å². The second-order valence-corrected chi connectivity index (χ2v) is 7.68. The second-order valence-electron chi connectivity index (χ2n) is 6.82. The summed E-state index contributed by atoms with van der Waals surface area (Å²) in [5, 5.41) is 9.62. The molecule has 6 heteroatoms. The van der Waals surface area contributed by atoms with E-state index in [1.54, 1.807) is 6.07 Å². The molecule has 0 aliphatic carbocycles. The predicted molar refractivity (Wildman–Crippen MR) is 123 cm³/mol. The molecule has 0 aliphatic rings. The van der Waals surface area contributed by atoms with Crippen LogP contribution in [0.15, 0.2) is 88.1 Å². The Balaban J connectivity index is 1.90. The van der Waals surface area contributed by atoms with Crippen molar-refractivity contribution in [2.45, 2.75) is 6.92 Å². The highest BCUT2D eigenvalue weighted by Crippen LogP contribution is 2.32. The van der Waals surface area contributed by atoms with Gasteiger partial charge in [0.25, 0.3) is 11.5 Å². The van der Waals surface area contributed by atoms with Crippen LogP contribution in [0.1, 0.15) is 15.9 Å². The minimum absolute atomic E-state index is 0.0162. The lowest BCUT2D eigenvalue weighted by Crippen LogP contribution is -2.26. The number of benzene rings is 3. The van der Waals surface area contributed by atoms with Gasteiger partial charge in [0.05, 0.1) is 11.4 Å². The number of aromatic amines is 1. The quantitative estimate of drug-likeness (QED) is 0.427. The van der Waals surface area contributed by atoms with Crippen molar-refractivity contribution in [2.75, 3.05) is 5.32 Å². The van der Waals surface area contributed by atoms with Crippen LogP contribution in [0.5, 0.6) is 0 Å². The summed E-state index contributed by atoms with van der Waals surface area (Å²) in [7, 11) is 0. The second kappa shape index (κ2) is 8.47. The summed E-state index contributed by atoms with van der Waals surface area (Å²) in [5.74, 6) is -0.501. The topological polar surface area (TPSA) is 74.8 Å². The van der Waals surface area contributed by atoms with Gasteiger partial charge in [-0.25, -0.2) is 5.10 Å². The van der Waals surface area contributed by atoms with Crippen molar-refractivity contribution >= 4 is 27.5 Å². The van der Waals surface area contributed by atoms with Crippen molar-refractivity contribution in [1.82, 2.24) is 10.2 Å². The molecule has 148 valence electrons. The number of carbonyl (C=O) groups excluding carboxylic acids is 1. The van der Waals surface area contributed by atoms with Crippen molar-refractivity contribution in [3.8, 4) is 22.4 Å². The van der Waals surface area contributed by atoms with Crippen LogP contribution in [0.4, 0.5) is 5.69 Å². The molecule has 0 bridgehead atoms. The molecule has 0 saturated heterocycles. The first kappa shape index (κ1) is 19.8.